The lowest BCUT2D eigenvalue weighted by molar-refractivity contribution is 0.385. The van der Waals surface area contributed by atoms with E-state index < -0.39 is 15.2 Å². The molecule has 2 aromatic rings. The van der Waals surface area contributed by atoms with Crippen molar-refractivity contribution in [3.63, 3.8) is 0 Å². The van der Waals surface area contributed by atoms with E-state index in [-0.39, 0.29) is 21.4 Å². The van der Waals surface area contributed by atoms with Gasteiger partial charge >= 0.3 is 15.2 Å². The van der Waals surface area contributed by atoms with Gasteiger partial charge in [0.1, 0.15) is 0 Å². The fourth-order valence-electron chi connectivity index (χ4n) is 3.36. The van der Waals surface area contributed by atoms with Crippen LogP contribution < -0.4 is 10.6 Å². The van der Waals surface area contributed by atoms with Crippen molar-refractivity contribution < 1.29 is 28.7 Å². The molecule has 0 aliphatic carbocycles. The molecule has 0 aliphatic rings. The Morgan fingerprint density at radius 3 is 0.958 bits per heavy atom. The molecule has 0 heterocycles. The van der Waals surface area contributed by atoms with Gasteiger partial charge < -0.3 is 19.6 Å². The summed E-state index contributed by atoms with van der Waals surface area (Å²) in [5, 5.41) is 0.225. The summed E-state index contributed by atoms with van der Waals surface area (Å²) in [4.78, 5) is 39.5. The van der Waals surface area contributed by atoms with Gasteiger partial charge in [0.2, 0.25) is 0 Å². The van der Waals surface area contributed by atoms with Crippen molar-refractivity contribution in [2.75, 3.05) is 0 Å². The smallest absolute Gasteiger partial charge is 0.321 e. The molecule has 0 unspecified atom stereocenters. The van der Waals surface area contributed by atoms with Crippen LogP contribution in [0.5, 0.6) is 0 Å². The number of hydrogen-bond acceptors (Lipinski definition) is 2. The first-order chi connectivity index (χ1) is 10.7. The molecule has 0 spiro atoms. The molecule has 0 radical (unpaired) electrons. The Balaban J connectivity index is 3.41. The highest BCUT2D eigenvalue weighted by molar-refractivity contribution is 7.61. The second-order valence-electron chi connectivity index (χ2n) is 6.29. The van der Waals surface area contributed by atoms with Gasteiger partial charge in [0.05, 0.1) is 10.6 Å². The number of fused-ring (bicyclic) bond motifs is 1. The molecule has 2 rings (SSSR count). The first-order valence-corrected chi connectivity index (χ1v) is 10.6. The third kappa shape index (κ3) is 2.78. The molecule has 0 aromatic heterocycles. The van der Waals surface area contributed by atoms with E-state index in [4.69, 9.17) is 0 Å². The Kier molecular flexibility index (Phi) is 4.65. The van der Waals surface area contributed by atoms with Crippen molar-refractivity contribution in [3.05, 3.63) is 33.4 Å². The SMILES string of the molecule is Cc1c(C)c(P(=O)(O)O)c2c(C)c(C)c(C)c(P(=O)(O)O)c2c1C. The predicted molar refractivity (Wildman–Crippen MR) is 95.7 cm³/mol. The molecule has 0 aliphatic heterocycles. The second kappa shape index (κ2) is 5.77. The van der Waals surface area contributed by atoms with Crippen LogP contribution in [0.25, 0.3) is 10.8 Å². The predicted octanol–water partition coefficient (Wildman–Crippen LogP) is 2.30. The van der Waals surface area contributed by atoms with Crippen molar-refractivity contribution in [1.82, 2.24) is 0 Å². The first kappa shape index (κ1) is 19.3. The normalized spacial score (nSPS) is 12.9. The van der Waals surface area contributed by atoms with Crippen LogP contribution in [-0.4, -0.2) is 19.6 Å². The molecule has 0 saturated heterocycles. The van der Waals surface area contributed by atoms with Gasteiger partial charge in [-0.25, -0.2) is 0 Å². The summed E-state index contributed by atoms with van der Waals surface area (Å²) in [6.45, 7) is 10.1. The van der Waals surface area contributed by atoms with E-state index >= 15 is 0 Å². The van der Waals surface area contributed by atoms with Gasteiger partial charge in [-0.1, -0.05) is 0 Å². The Labute approximate surface area is 140 Å². The first-order valence-electron chi connectivity index (χ1n) is 7.36. The molecule has 0 fully saturated rings. The molecular formula is C16H22O6P2. The number of aryl methyl sites for hydroxylation is 2. The van der Waals surface area contributed by atoms with E-state index in [1.165, 1.54) is 0 Å². The van der Waals surface area contributed by atoms with Crippen LogP contribution in [0.1, 0.15) is 33.4 Å². The van der Waals surface area contributed by atoms with Crippen LogP contribution >= 0.6 is 15.2 Å². The molecule has 4 N–H and O–H groups in total. The van der Waals surface area contributed by atoms with Gasteiger partial charge in [-0.3, -0.25) is 9.13 Å². The Bertz CT molecular complexity index is 886. The third-order valence-electron chi connectivity index (χ3n) is 5.02. The molecule has 0 atom stereocenters. The van der Waals surface area contributed by atoms with E-state index in [0.717, 1.165) is 0 Å². The van der Waals surface area contributed by atoms with E-state index in [1.807, 2.05) is 0 Å². The highest BCUT2D eigenvalue weighted by Gasteiger charge is 2.33. The number of rotatable bonds is 2. The summed E-state index contributed by atoms with van der Waals surface area (Å²) < 4.78 is 24.3. The topological polar surface area (TPSA) is 115 Å². The van der Waals surface area contributed by atoms with E-state index in [1.54, 1.807) is 41.5 Å². The average Bonchev–Trinajstić information content (AvgIpc) is 2.41. The van der Waals surface area contributed by atoms with Crippen LogP contribution in [0.3, 0.4) is 0 Å². The Hall–Kier alpha value is -1.00. The van der Waals surface area contributed by atoms with Gasteiger partial charge in [-0.2, -0.15) is 0 Å². The van der Waals surface area contributed by atoms with Crippen molar-refractivity contribution in [2.45, 2.75) is 41.5 Å². The maximum absolute atomic E-state index is 12.1. The maximum atomic E-state index is 12.1. The molecule has 132 valence electrons. The molecule has 24 heavy (non-hydrogen) atoms. The summed E-state index contributed by atoms with van der Waals surface area (Å²) in [5.74, 6) is 0. The van der Waals surface area contributed by atoms with Crippen LogP contribution in [0.4, 0.5) is 0 Å². The van der Waals surface area contributed by atoms with Crippen molar-refractivity contribution in [2.24, 2.45) is 0 Å². The van der Waals surface area contributed by atoms with Crippen LogP contribution in [0, 0.1) is 41.5 Å². The van der Waals surface area contributed by atoms with Crippen LogP contribution in [-0.2, 0) is 9.13 Å². The lowest BCUT2D eigenvalue weighted by atomic mass is 9.89. The molecule has 8 heteroatoms. The summed E-state index contributed by atoms with van der Waals surface area (Å²) in [6, 6.07) is 0. The highest BCUT2D eigenvalue weighted by Crippen LogP contribution is 2.46. The van der Waals surface area contributed by atoms with E-state index in [0.29, 0.717) is 33.4 Å². The van der Waals surface area contributed by atoms with Gasteiger partial charge in [-0.05, 0) is 74.9 Å². The minimum Gasteiger partial charge on any atom is -0.321 e. The van der Waals surface area contributed by atoms with Gasteiger partial charge in [-0.15, -0.1) is 0 Å². The minimum atomic E-state index is -4.64. The lowest BCUT2D eigenvalue weighted by Gasteiger charge is -2.24. The number of hydrogen-bond donors (Lipinski definition) is 4. The number of benzene rings is 2. The fourth-order valence-corrected chi connectivity index (χ4v) is 5.71. The van der Waals surface area contributed by atoms with E-state index in [2.05, 4.69) is 0 Å². The summed E-state index contributed by atoms with van der Waals surface area (Å²) in [7, 11) is -9.27. The largest absolute Gasteiger partial charge is 0.357 e. The molecule has 2 aromatic carbocycles. The lowest BCUT2D eigenvalue weighted by Crippen LogP contribution is -2.21. The molecule has 6 nitrogen and oxygen atoms in total. The zero-order valence-corrected chi connectivity index (χ0v) is 16.3. The van der Waals surface area contributed by atoms with Crippen LogP contribution in [0.2, 0.25) is 0 Å². The maximum Gasteiger partial charge on any atom is 0.357 e. The second-order valence-corrected chi connectivity index (χ2v) is 9.36. The van der Waals surface area contributed by atoms with Crippen molar-refractivity contribution in [3.8, 4) is 0 Å². The third-order valence-corrected chi connectivity index (χ3v) is 7.30. The fraction of sp³-hybridized carbons (Fsp3) is 0.375. The standard InChI is InChI=1S/C16H22O6P2/c1-7-9(3)13-14(15(11(7)5)23(17,18)19)10(4)8(2)12(6)16(13)24(20,21)22/h1-6H3,(H2,17,18,19)(H2,20,21,22). The van der Waals surface area contributed by atoms with Gasteiger partial charge in [0, 0.05) is 10.8 Å². The molecular weight excluding hydrogens is 350 g/mol. The average molecular weight is 372 g/mol. The van der Waals surface area contributed by atoms with E-state index in [9.17, 15) is 28.7 Å². The van der Waals surface area contributed by atoms with Gasteiger partial charge in [0.15, 0.2) is 0 Å². The summed E-state index contributed by atoms with van der Waals surface area (Å²) in [5.41, 5.74) is 3.41. The quantitative estimate of drug-likeness (QED) is 0.602. The molecule has 0 bridgehead atoms. The van der Waals surface area contributed by atoms with Crippen molar-refractivity contribution >= 4 is 36.6 Å². The van der Waals surface area contributed by atoms with Crippen molar-refractivity contribution in [1.29, 1.82) is 0 Å². The molecule has 0 amide bonds. The summed E-state index contributed by atoms with van der Waals surface area (Å²) >= 11 is 0. The minimum absolute atomic E-state index is 0.143. The Morgan fingerprint density at radius 1 is 0.500 bits per heavy atom. The monoisotopic (exact) mass is 372 g/mol. The Morgan fingerprint density at radius 2 is 0.750 bits per heavy atom. The van der Waals surface area contributed by atoms with Crippen LogP contribution in [0.15, 0.2) is 0 Å². The zero-order valence-electron chi connectivity index (χ0n) is 14.5. The molecule has 0 saturated carbocycles. The van der Waals surface area contributed by atoms with Gasteiger partial charge in [0.25, 0.3) is 0 Å². The summed E-state index contributed by atoms with van der Waals surface area (Å²) in [6.07, 6.45) is 0. The zero-order chi connectivity index (χ0) is 18.8. The highest BCUT2D eigenvalue weighted by atomic mass is 31.2.